The molecule has 0 saturated carbocycles. The first-order valence-corrected chi connectivity index (χ1v) is 8.68. The molecule has 1 fully saturated rings. The van der Waals surface area contributed by atoms with E-state index in [2.05, 4.69) is 15.5 Å². The lowest BCUT2D eigenvalue weighted by Gasteiger charge is -2.26. The molecule has 1 aromatic carbocycles. The predicted molar refractivity (Wildman–Crippen MR) is 88.4 cm³/mol. The number of nitrogens with zero attached hydrogens (tertiary/aromatic N) is 5. The quantitative estimate of drug-likeness (QED) is 0.720. The zero-order chi connectivity index (χ0) is 16.8. The van der Waals surface area contributed by atoms with E-state index < -0.39 is 0 Å². The van der Waals surface area contributed by atoms with Gasteiger partial charge in [0.1, 0.15) is 11.4 Å². The largest absolute Gasteiger partial charge is 0.494 e. The monoisotopic (exact) mass is 349 g/mol. The summed E-state index contributed by atoms with van der Waals surface area (Å²) >= 11 is 1.45. The summed E-state index contributed by atoms with van der Waals surface area (Å²) < 4.78 is 12.2. The van der Waals surface area contributed by atoms with E-state index in [0.29, 0.717) is 49.4 Å². The number of benzene rings is 1. The maximum Gasteiger partial charge on any atom is 0.223 e. The normalized spacial score (nSPS) is 14.6. The zero-order valence-corrected chi connectivity index (χ0v) is 14.2. The van der Waals surface area contributed by atoms with Crippen LogP contribution in [-0.4, -0.2) is 70.2 Å². The summed E-state index contributed by atoms with van der Waals surface area (Å²) in [7, 11) is 1.61. The van der Waals surface area contributed by atoms with Gasteiger partial charge in [-0.2, -0.15) is 4.68 Å². The number of para-hydroxylation sites is 2. The van der Waals surface area contributed by atoms with Crippen molar-refractivity contribution in [2.45, 2.75) is 11.6 Å². The molecule has 2 heterocycles. The van der Waals surface area contributed by atoms with Crippen LogP contribution in [0.3, 0.4) is 0 Å². The summed E-state index contributed by atoms with van der Waals surface area (Å²) in [5.74, 6) is 1.45. The summed E-state index contributed by atoms with van der Waals surface area (Å²) in [6.45, 7) is 2.57. The molecule has 24 heavy (non-hydrogen) atoms. The second kappa shape index (κ2) is 8.11. The Morgan fingerprint density at radius 2 is 2.12 bits per heavy atom. The van der Waals surface area contributed by atoms with E-state index >= 15 is 0 Å². The van der Waals surface area contributed by atoms with Crippen molar-refractivity contribution in [3.8, 4) is 11.4 Å². The molecule has 0 spiro atoms. The van der Waals surface area contributed by atoms with Gasteiger partial charge in [0.2, 0.25) is 11.1 Å². The van der Waals surface area contributed by atoms with Gasteiger partial charge in [-0.3, -0.25) is 4.79 Å². The predicted octanol–water partition coefficient (Wildman–Crippen LogP) is 1.01. The van der Waals surface area contributed by atoms with Gasteiger partial charge in [-0.15, -0.1) is 5.10 Å². The van der Waals surface area contributed by atoms with Crippen LogP contribution in [0.5, 0.6) is 5.75 Å². The summed E-state index contributed by atoms with van der Waals surface area (Å²) in [4.78, 5) is 14.0. The number of aromatic nitrogens is 4. The molecule has 0 atom stereocenters. The average Bonchev–Trinajstić information content (AvgIpc) is 3.10. The van der Waals surface area contributed by atoms with Crippen molar-refractivity contribution >= 4 is 17.7 Å². The Labute approximate surface area is 144 Å². The van der Waals surface area contributed by atoms with Crippen LogP contribution in [0, 0.1) is 0 Å². The first kappa shape index (κ1) is 16.7. The van der Waals surface area contributed by atoms with Gasteiger partial charge in [0.15, 0.2) is 0 Å². The third-order valence-electron chi connectivity index (χ3n) is 3.67. The number of hydrogen-bond donors (Lipinski definition) is 0. The lowest BCUT2D eigenvalue weighted by Crippen LogP contribution is -2.40. The van der Waals surface area contributed by atoms with Gasteiger partial charge in [0.05, 0.1) is 20.3 Å². The summed E-state index contributed by atoms with van der Waals surface area (Å²) in [6, 6.07) is 7.53. The van der Waals surface area contributed by atoms with Crippen molar-refractivity contribution in [3.63, 3.8) is 0 Å². The Kier molecular flexibility index (Phi) is 5.65. The Bertz CT molecular complexity index is 687. The summed E-state index contributed by atoms with van der Waals surface area (Å²) in [5, 5.41) is 12.4. The maximum absolute atomic E-state index is 12.2. The standard InChI is InChI=1S/C15H19N5O3S/c1-22-13-5-3-2-4-12(13)20-15(16-17-18-20)24-11-6-14(21)19-7-9-23-10-8-19/h2-5H,6-11H2,1H3. The van der Waals surface area contributed by atoms with Crippen LogP contribution in [0.4, 0.5) is 0 Å². The van der Waals surface area contributed by atoms with Crippen LogP contribution in [-0.2, 0) is 9.53 Å². The molecule has 0 aliphatic carbocycles. The minimum atomic E-state index is 0.141. The van der Waals surface area contributed by atoms with Gasteiger partial charge in [0.25, 0.3) is 0 Å². The van der Waals surface area contributed by atoms with Crippen LogP contribution in [0.15, 0.2) is 29.4 Å². The van der Waals surface area contributed by atoms with Gasteiger partial charge < -0.3 is 14.4 Å². The van der Waals surface area contributed by atoms with Crippen molar-refractivity contribution in [3.05, 3.63) is 24.3 Å². The van der Waals surface area contributed by atoms with Crippen molar-refractivity contribution in [2.24, 2.45) is 0 Å². The van der Waals surface area contributed by atoms with Crippen molar-refractivity contribution in [1.29, 1.82) is 0 Å². The molecule has 8 nitrogen and oxygen atoms in total. The van der Waals surface area contributed by atoms with Crippen molar-refractivity contribution in [1.82, 2.24) is 25.1 Å². The molecule has 3 rings (SSSR count). The topological polar surface area (TPSA) is 82.4 Å². The van der Waals surface area contributed by atoms with E-state index in [9.17, 15) is 4.79 Å². The molecule has 0 N–H and O–H groups in total. The van der Waals surface area contributed by atoms with E-state index in [4.69, 9.17) is 9.47 Å². The summed E-state index contributed by atoms with van der Waals surface area (Å²) in [6.07, 6.45) is 0.448. The van der Waals surface area contributed by atoms with Crippen molar-refractivity contribution in [2.75, 3.05) is 39.2 Å². The summed E-state index contributed by atoms with van der Waals surface area (Å²) in [5.41, 5.74) is 0.770. The van der Waals surface area contributed by atoms with Gasteiger partial charge in [-0.05, 0) is 22.6 Å². The number of rotatable bonds is 6. The molecule has 0 unspecified atom stereocenters. The van der Waals surface area contributed by atoms with Crippen LogP contribution < -0.4 is 4.74 Å². The molecule has 1 amide bonds. The molecular weight excluding hydrogens is 330 g/mol. The van der Waals surface area contributed by atoms with E-state index in [1.54, 1.807) is 11.8 Å². The van der Waals surface area contributed by atoms with Gasteiger partial charge in [-0.25, -0.2) is 0 Å². The molecule has 1 aliphatic heterocycles. The van der Waals surface area contributed by atoms with E-state index in [1.165, 1.54) is 11.8 Å². The number of carbonyl (C=O) groups is 1. The number of tetrazole rings is 1. The molecule has 2 aromatic rings. The molecule has 0 bridgehead atoms. The second-order valence-corrected chi connectivity index (χ2v) is 6.20. The Morgan fingerprint density at radius 3 is 2.92 bits per heavy atom. The highest BCUT2D eigenvalue weighted by molar-refractivity contribution is 7.99. The number of carbonyl (C=O) groups excluding carboxylic acids is 1. The van der Waals surface area contributed by atoms with Crippen LogP contribution in [0.2, 0.25) is 0 Å². The number of morpholine rings is 1. The van der Waals surface area contributed by atoms with E-state index in [-0.39, 0.29) is 5.91 Å². The number of methoxy groups -OCH3 is 1. The van der Waals surface area contributed by atoms with Gasteiger partial charge in [-0.1, -0.05) is 23.9 Å². The Morgan fingerprint density at radius 1 is 1.33 bits per heavy atom. The second-order valence-electron chi connectivity index (χ2n) is 5.14. The average molecular weight is 349 g/mol. The number of ether oxygens (including phenoxy) is 2. The lowest BCUT2D eigenvalue weighted by molar-refractivity contribution is -0.134. The third-order valence-corrected chi connectivity index (χ3v) is 4.59. The number of hydrogen-bond acceptors (Lipinski definition) is 7. The van der Waals surface area contributed by atoms with Gasteiger partial charge >= 0.3 is 0 Å². The smallest absolute Gasteiger partial charge is 0.223 e. The molecule has 1 saturated heterocycles. The zero-order valence-electron chi connectivity index (χ0n) is 13.4. The van der Waals surface area contributed by atoms with Crippen LogP contribution in [0.1, 0.15) is 6.42 Å². The van der Waals surface area contributed by atoms with Crippen LogP contribution in [0.25, 0.3) is 5.69 Å². The minimum absolute atomic E-state index is 0.141. The fraction of sp³-hybridized carbons (Fsp3) is 0.467. The molecule has 9 heteroatoms. The highest BCUT2D eigenvalue weighted by Crippen LogP contribution is 2.25. The fourth-order valence-corrected chi connectivity index (χ4v) is 3.24. The molecule has 1 aromatic heterocycles. The van der Waals surface area contributed by atoms with E-state index in [0.717, 1.165) is 5.69 Å². The lowest BCUT2D eigenvalue weighted by atomic mass is 10.3. The highest BCUT2D eigenvalue weighted by atomic mass is 32.2. The van der Waals surface area contributed by atoms with E-state index in [1.807, 2.05) is 29.2 Å². The first-order valence-electron chi connectivity index (χ1n) is 7.69. The molecule has 1 aliphatic rings. The Hall–Kier alpha value is -2.13. The molecular formula is C15H19N5O3S. The fourth-order valence-electron chi connectivity index (χ4n) is 2.43. The van der Waals surface area contributed by atoms with Crippen LogP contribution >= 0.6 is 11.8 Å². The maximum atomic E-state index is 12.2. The molecule has 128 valence electrons. The first-order chi connectivity index (χ1) is 11.8. The SMILES string of the molecule is COc1ccccc1-n1nnnc1SCCC(=O)N1CCOCC1. The van der Waals surface area contributed by atoms with Crippen molar-refractivity contribution < 1.29 is 14.3 Å². The third kappa shape index (κ3) is 3.85. The highest BCUT2D eigenvalue weighted by Gasteiger charge is 2.18. The molecule has 0 radical (unpaired) electrons. The number of thioether (sulfide) groups is 1. The Balaban J connectivity index is 1.61. The minimum Gasteiger partial charge on any atom is -0.494 e. The van der Waals surface area contributed by atoms with Gasteiger partial charge in [0, 0.05) is 25.3 Å². The number of amides is 1.